The van der Waals surface area contributed by atoms with Crippen LogP contribution in [-0.2, 0) is 14.3 Å². The summed E-state index contributed by atoms with van der Waals surface area (Å²) in [6, 6.07) is 6.58. The summed E-state index contributed by atoms with van der Waals surface area (Å²) in [7, 11) is 0. The minimum absolute atomic E-state index is 0.0458. The second-order valence-corrected chi connectivity index (χ2v) is 8.02. The molecule has 2 aliphatic rings. The number of halogens is 1. The van der Waals surface area contributed by atoms with Gasteiger partial charge in [-0.3, -0.25) is 14.5 Å². The molecule has 1 aromatic carbocycles. The number of cyclic esters (lactones) is 1. The molecular formula is C19H18ClN3O5S. The molecule has 0 radical (unpaired) electrons. The van der Waals surface area contributed by atoms with Crippen LogP contribution in [-0.4, -0.2) is 56.9 Å². The third kappa shape index (κ3) is 4.36. The van der Waals surface area contributed by atoms with Gasteiger partial charge in [0.25, 0.3) is 11.8 Å². The van der Waals surface area contributed by atoms with E-state index in [0.717, 1.165) is 17.0 Å². The molecule has 1 aromatic heterocycles. The van der Waals surface area contributed by atoms with Crippen LogP contribution < -0.4 is 15.1 Å². The Morgan fingerprint density at radius 1 is 1.24 bits per heavy atom. The van der Waals surface area contributed by atoms with Crippen LogP contribution >= 0.6 is 22.9 Å². The summed E-state index contributed by atoms with van der Waals surface area (Å²) >= 11 is 6.67. The van der Waals surface area contributed by atoms with Gasteiger partial charge in [-0.2, -0.15) is 0 Å². The molecule has 2 fully saturated rings. The number of anilines is 2. The summed E-state index contributed by atoms with van der Waals surface area (Å²) in [4.78, 5) is 39.6. The predicted octanol–water partition coefficient (Wildman–Crippen LogP) is 2.52. The Bertz CT molecular complexity index is 1030. The fourth-order valence-electron chi connectivity index (χ4n) is 3.08. The van der Waals surface area contributed by atoms with Gasteiger partial charge in [-0.25, -0.2) is 4.79 Å². The Hall–Kier alpha value is -2.62. The number of ether oxygens (including phenoxy) is 2. The average molecular weight is 438 g/mol. The second-order valence-electron chi connectivity index (χ2n) is 6.40. The van der Waals surface area contributed by atoms with Crippen LogP contribution in [0.2, 0.25) is 4.34 Å². The van der Waals surface area contributed by atoms with Crippen LogP contribution in [0.1, 0.15) is 12.4 Å². The minimum atomic E-state index is -0.572. The molecule has 0 aliphatic carbocycles. The van der Waals surface area contributed by atoms with E-state index in [2.05, 4.69) is 5.32 Å². The van der Waals surface area contributed by atoms with Gasteiger partial charge in [0.1, 0.15) is 12.7 Å². The number of thiophene rings is 1. The lowest BCUT2D eigenvalue weighted by atomic mass is 10.2. The van der Waals surface area contributed by atoms with Crippen molar-refractivity contribution in [1.29, 1.82) is 0 Å². The molecule has 0 bridgehead atoms. The highest BCUT2D eigenvalue weighted by Crippen LogP contribution is 2.26. The maximum absolute atomic E-state index is 12.3. The Labute approximate surface area is 178 Å². The lowest BCUT2D eigenvalue weighted by Crippen LogP contribution is -2.41. The maximum Gasteiger partial charge on any atom is 0.414 e. The molecule has 3 heterocycles. The lowest BCUT2D eigenvalue weighted by molar-refractivity contribution is -0.125. The van der Waals surface area contributed by atoms with Crippen LogP contribution in [0.4, 0.5) is 16.2 Å². The van der Waals surface area contributed by atoms with Crippen molar-refractivity contribution in [2.45, 2.75) is 6.10 Å². The normalized spacial score (nSPS) is 20.4. The van der Waals surface area contributed by atoms with Gasteiger partial charge in [0.15, 0.2) is 0 Å². The zero-order valence-electron chi connectivity index (χ0n) is 17.1. The van der Waals surface area contributed by atoms with Gasteiger partial charge >= 0.3 is 6.09 Å². The maximum atomic E-state index is 12.3. The smallest absolute Gasteiger partial charge is 0.414 e. The second kappa shape index (κ2) is 8.40. The average Bonchev–Trinajstić information content (AvgIpc) is 3.27. The van der Waals surface area contributed by atoms with E-state index in [9.17, 15) is 14.4 Å². The number of carbonyl (C=O) groups excluding carboxylic acids is 3. The molecule has 0 unspecified atom stereocenters. The van der Waals surface area contributed by atoms with E-state index in [1.54, 1.807) is 29.2 Å². The van der Waals surface area contributed by atoms with E-state index < -0.39 is 18.1 Å². The predicted molar refractivity (Wildman–Crippen MR) is 109 cm³/mol. The fourth-order valence-corrected chi connectivity index (χ4v) is 3.91. The molecule has 152 valence electrons. The number of hydrogen-bond donors (Lipinski definition) is 1. The fraction of sp³-hybridized carbons (Fsp3) is 0.316. The molecule has 8 nitrogen and oxygen atoms in total. The van der Waals surface area contributed by atoms with Crippen molar-refractivity contribution in [3.05, 3.63) is 45.6 Å². The molecule has 2 aliphatic heterocycles. The summed E-state index contributed by atoms with van der Waals surface area (Å²) in [5.74, 6) is -0.653. The first-order chi connectivity index (χ1) is 14.8. The number of hydrogen-bond acceptors (Lipinski definition) is 6. The van der Waals surface area contributed by atoms with Gasteiger partial charge in [0, 0.05) is 17.9 Å². The van der Waals surface area contributed by atoms with E-state index in [4.69, 9.17) is 23.8 Å². The Balaban J connectivity index is 1.36. The molecule has 0 saturated carbocycles. The van der Waals surface area contributed by atoms with Gasteiger partial charge in [-0.15, -0.1) is 11.3 Å². The van der Waals surface area contributed by atoms with E-state index in [1.807, 2.05) is 0 Å². The summed E-state index contributed by atoms with van der Waals surface area (Å²) < 4.78 is 25.9. The quantitative estimate of drug-likeness (QED) is 0.776. The Morgan fingerprint density at radius 2 is 1.97 bits per heavy atom. The summed E-state index contributed by atoms with van der Waals surface area (Å²) in [6.07, 6.45) is -1.11. The highest BCUT2D eigenvalue weighted by atomic mass is 35.5. The van der Waals surface area contributed by atoms with Crippen LogP contribution in [0.15, 0.2) is 36.4 Å². The lowest BCUT2D eigenvalue weighted by Gasteiger charge is -2.27. The zero-order chi connectivity index (χ0) is 22.1. The number of nitrogens with one attached hydrogen (secondary N) is 1. The molecule has 2 saturated heterocycles. The first-order valence-corrected chi connectivity index (χ1v) is 10.0. The van der Waals surface area contributed by atoms with Crippen molar-refractivity contribution in [1.82, 2.24) is 5.32 Å². The van der Waals surface area contributed by atoms with E-state index in [1.165, 1.54) is 4.90 Å². The van der Waals surface area contributed by atoms with Gasteiger partial charge in [-0.1, -0.05) is 11.6 Å². The van der Waals surface area contributed by atoms with E-state index >= 15 is 0 Å². The van der Waals surface area contributed by atoms with E-state index in [-0.39, 0.29) is 46.9 Å². The molecular weight excluding hydrogens is 418 g/mol. The SMILES string of the molecule is [2H]c1c(Cl)sc(C(=O)NC[C@H]2CN(c3ccc(N4CCOCC4=O)cc3)C(=O)O2)c1[2H]. The first-order valence-electron chi connectivity index (χ1n) is 9.85. The van der Waals surface area contributed by atoms with Crippen LogP contribution in [0.5, 0.6) is 0 Å². The molecule has 1 atom stereocenters. The van der Waals surface area contributed by atoms with Crippen molar-refractivity contribution < 1.29 is 26.6 Å². The van der Waals surface area contributed by atoms with Gasteiger partial charge in [-0.05, 0) is 36.4 Å². The summed E-state index contributed by atoms with van der Waals surface area (Å²) in [5, 5.41) is 2.62. The third-order valence-electron chi connectivity index (χ3n) is 4.50. The molecule has 1 N–H and O–H groups in total. The van der Waals surface area contributed by atoms with Crippen molar-refractivity contribution in [3.8, 4) is 0 Å². The third-order valence-corrected chi connectivity index (χ3v) is 5.59. The highest BCUT2D eigenvalue weighted by molar-refractivity contribution is 7.18. The monoisotopic (exact) mass is 437 g/mol. The highest BCUT2D eigenvalue weighted by Gasteiger charge is 2.33. The number of rotatable bonds is 5. The van der Waals surface area contributed by atoms with Crippen LogP contribution in [0, 0.1) is 0 Å². The van der Waals surface area contributed by atoms with E-state index in [0.29, 0.717) is 18.8 Å². The minimum Gasteiger partial charge on any atom is -0.442 e. The molecule has 10 heteroatoms. The number of morpholine rings is 1. The van der Waals surface area contributed by atoms with Crippen molar-refractivity contribution in [2.24, 2.45) is 0 Å². The summed E-state index contributed by atoms with van der Waals surface area (Å²) in [6.45, 7) is 1.29. The number of benzene rings is 1. The molecule has 3 amide bonds. The van der Waals surface area contributed by atoms with Crippen molar-refractivity contribution in [3.63, 3.8) is 0 Å². The van der Waals surface area contributed by atoms with Crippen LogP contribution in [0.25, 0.3) is 0 Å². The molecule has 0 spiro atoms. The Kier molecular flexibility index (Phi) is 5.00. The molecule has 2 aromatic rings. The Morgan fingerprint density at radius 3 is 2.62 bits per heavy atom. The van der Waals surface area contributed by atoms with Gasteiger partial charge in [0.2, 0.25) is 0 Å². The standard InChI is InChI=1S/C19H18ClN3O5S/c20-16-6-5-15(29-16)18(25)21-9-14-10-23(19(26)28-14)13-3-1-12(2-4-13)22-7-8-27-11-17(22)24/h1-6,14H,7-11H2,(H,21,25)/t14-/m0/s1/i5D,6D. The number of nitrogens with zero attached hydrogens (tertiary/aromatic N) is 2. The largest absolute Gasteiger partial charge is 0.442 e. The summed E-state index contributed by atoms with van der Waals surface area (Å²) in [5.41, 5.74) is 1.34. The zero-order valence-corrected chi connectivity index (χ0v) is 16.7. The van der Waals surface area contributed by atoms with Crippen LogP contribution in [0.3, 0.4) is 0 Å². The van der Waals surface area contributed by atoms with Crippen molar-refractivity contribution in [2.75, 3.05) is 42.6 Å². The topological polar surface area (TPSA) is 88.2 Å². The molecule has 29 heavy (non-hydrogen) atoms. The van der Waals surface area contributed by atoms with Gasteiger partial charge in [0.05, 0.1) is 31.7 Å². The van der Waals surface area contributed by atoms with Gasteiger partial charge < -0.3 is 19.7 Å². The molecule has 4 rings (SSSR count). The number of amides is 3. The number of carbonyl (C=O) groups is 3. The first kappa shape index (κ1) is 17.3. The van der Waals surface area contributed by atoms with Crippen molar-refractivity contribution >= 4 is 52.2 Å².